The molecule has 7 nitrogen and oxygen atoms in total. The molecule has 3 aromatic heterocycles. The third-order valence-electron chi connectivity index (χ3n) is 10.8. The summed E-state index contributed by atoms with van der Waals surface area (Å²) in [6.07, 6.45) is 0. The molecule has 7 heteroatoms. The van der Waals surface area contributed by atoms with Crippen LogP contribution in [0.4, 0.5) is 0 Å². The number of hydrogen-bond acceptors (Lipinski definition) is 7. The van der Waals surface area contributed by atoms with E-state index in [1.54, 1.807) is 0 Å². The molecule has 8 rings (SSSR count). The van der Waals surface area contributed by atoms with Gasteiger partial charge in [0.25, 0.3) is 0 Å². The van der Waals surface area contributed by atoms with Crippen LogP contribution in [-0.2, 0) is 10.8 Å². The molecule has 0 saturated carbocycles. The maximum Gasteiger partial charge on any atom is 0.164 e. The van der Waals surface area contributed by atoms with E-state index < -0.39 is 0 Å². The summed E-state index contributed by atoms with van der Waals surface area (Å²) in [5.41, 5.74) is 15.0. The summed E-state index contributed by atoms with van der Waals surface area (Å²) >= 11 is 0. The van der Waals surface area contributed by atoms with Crippen molar-refractivity contribution in [1.29, 1.82) is 0 Å². The number of nitrogens with zero attached hydrogens (tertiary/aromatic N) is 7. The maximum atomic E-state index is 5.24. The van der Waals surface area contributed by atoms with Crippen molar-refractivity contribution in [3.63, 3.8) is 0 Å². The van der Waals surface area contributed by atoms with Crippen molar-refractivity contribution in [3.8, 4) is 79.2 Å². The molecule has 0 aliphatic carbocycles. The fourth-order valence-corrected chi connectivity index (χ4v) is 7.49. The fourth-order valence-electron chi connectivity index (χ4n) is 7.49. The van der Waals surface area contributed by atoms with Gasteiger partial charge in [0.15, 0.2) is 29.1 Å². The number of rotatable bonds is 7. The molecule has 0 aliphatic heterocycles. The number of aryl methyl sites for hydroxylation is 4. The van der Waals surface area contributed by atoms with Crippen molar-refractivity contribution in [2.75, 3.05) is 0 Å². The first-order valence-electron chi connectivity index (χ1n) is 20.6. The van der Waals surface area contributed by atoms with Crippen LogP contribution in [0, 0.1) is 27.7 Å². The molecule has 0 aliphatic rings. The molecule has 0 spiro atoms. The van der Waals surface area contributed by atoms with Gasteiger partial charge in [-0.3, -0.25) is 0 Å². The van der Waals surface area contributed by atoms with Gasteiger partial charge in [-0.15, -0.1) is 0 Å². The molecule has 8 aromatic rings. The van der Waals surface area contributed by atoms with Crippen molar-refractivity contribution in [2.45, 2.75) is 80.1 Å². The largest absolute Gasteiger partial charge is 0.233 e. The van der Waals surface area contributed by atoms with Gasteiger partial charge in [0, 0.05) is 50.6 Å². The SMILES string of the molecule is Cc1cc(C)nc(-c2ccc(-c3cccc(-c4ccc(-c5nc(C)cc(C)n5)c(-c5nc(-c6ccc(C(C)(C)C)cc6)nc(-c6ccc(C(C)(C)C)cc6)n5)c4)c3)cc2)n1. The van der Waals surface area contributed by atoms with Crippen molar-refractivity contribution >= 4 is 0 Å². The van der Waals surface area contributed by atoms with E-state index >= 15 is 0 Å². The molecule has 0 N–H and O–H groups in total. The number of hydrogen-bond donors (Lipinski definition) is 0. The summed E-state index contributed by atoms with van der Waals surface area (Å²) in [5.74, 6) is 3.12. The van der Waals surface area contributed by atoms with Crippen LogP contribution in [0.1, 0.15) is 75.4 Å². The Morgan fingerprint density at radius 1 is 0.283 bits per heavy atom. The van der Waals surface area contributed by atoms with Crippen molar-refractivity contribution < 1.29 is 0 Å². The van der Waals surface area contributed by atoms with Gasteiger partial charge < -0.3 is 0 Å². The highest BCUT2D eigenvalue weighted by atomic mass is 15.0. The van der Waals surface area contributed by atoms with Crippen LogP contribution < -0.4 is 0 Å². The quantitative estimate of drug-likeness (QED) is 0.159. The van der Waals surface area contributed by atoms with Crippen molar-refractivity contribution in [1.82, 2.24) is 34.9 Å². The first kappa shape index (κ1) is 40.1. The first-order valence-corrected chi connectivity index (χ1v) is 20.6. The summed E-state index contributed by atoms with van der Waals surface area (Å²) < 4.78 is 0. The minimum atomic E-state index is 0.0142. The Morgan fingerprint density at radius 3 is 1.08 bits per heavy atom. The second-order valence-electron chi connectivity index (χ2n) is 17.8. The van der Waals surface area contributed by atoms with Crippen LogP contribution in [0.25, 0.3) is 79.2 Å². The van der Waals surface area contributed by atoms with Gasteiger partial charge in [0.05, 0.1) is 0 Å². The zero-order chi connectivity index (χ0) is 42.3. The molecule has 0 saturated heterocycles. The van der Waals surface area contributed by atoms with Gasteiger partial charge in [0.2, 0.25) is 0 Å². The van der Waals surface area contributed by atoms with Gasteiger partial charge >= 0.3 is 0 Å². The van der Waals surface area contributed by atoms with E-state index in [4.69, 9.17) is 24.9 Å². The molecule has 0 atom stereocenters. The second kappa shape index (κ2) is 15.8. The molecule has 0 unspecified atom stereocenters. The summed E-state index contributed by atoms with van der Waals surface area (Å²) in [5, 5.41) is 0. The van der Waals surface area contributed by atoms with E-state index in [-0.39, 0.29) is 10.8 Å². The minimum absolute atomic E-state index is 0.0142. The average molecular weight is 786 g/mol. The van der Waals surface area contributed by atoms with Gasteiger partial charge in [0.1, 0.15) is 0 Å². The van der Waals surface area contributed by atoms with Crippen molar-refractivity contribution in [2.24, 2.45) is 0 Å². The third-order valence-corrected chi connectivity index (χ3v) is 10.8. The van der Waals surface area contributed by atoms with E-state index in [9.17, 15) is 0 Å². The molecule has 0 amide bonds. The third kappa shape index (κ3) is 8.67. The van der Waals surface area contributed by atoms with Crippen molar-refractivity contribution in [3.05, 3.63) is 161 Å². The monoisotopic (exact) mass is 785 g/mol. The van der Waals surface area contributed by atoms with E-state index in [0.717, 1.165) is 78.7 Å². The van der Waals surface area contributed by atoms with E-state index in [0.29, 0.717) is 23.3 Å². The Morgan fingerprint density at radius 2 is 0.617 bits per heavy atom. The second-order valence-corrected chi connectivity index (χ2v) is 17.8. The molecule has 60 heavy (non-hydrogen) atoms. The van der Waals surface area contributed by atoms with Gasteiger partial charge in [-0.2, -0.15) is 0 Å². The normalized spacial score (nSPS) is 11.8. The number of benzene rings is 5. The molecule has 0 radical (unpaired) electrons. The molecule has 0 bridgehead atoms. The standard InChI is InChI=1S/C53H51N7/c1-32-28-33(2)55-47(54-32)37-16-14-36(15-17-37)40-12-11-13-41(30-40)42-22-27-45(50-56-34(3)29-35(4)57-50)46(31-42)51-59-48(38-18-23-43(24-19-38)52(5,6)7)58-49(60-51)39-20-25-44(26-21-39)53(8,9)10/h11-31H,1-10H3. The molecule has 3 heterocycles. The van der Waals surface area contributed by atoms with Crippen LogP contribution in [-0.4, -0.2) is 34.9 Å². The fraction of sp³-hybridized carbons (Fsp3) is 0.226. The topological polar surface area (TPSA) is 90.2 Å². The Kier molecular flexibility index (Phi) is 10.5. The molecule has 298 valence electrons. The average Bonchev–Trinajstić information content (AvgIpc) is 3.22. The first-order chi connectivity index (χ1) is 28.6. The van der Waals surface area contributed by atoms with E-state index in [1.807, 2.05) is 39.8 Å². The Labute approximate surface area is 354 Å². The summed E-state index contributed by atoms with van der Waals surface area (Å²) in [4.78, 5) is 34.8. The summed E-state index contributed by atoms with van der Waals surface area (Å²) in [7, 11) is 0. The molecule has 0 fully saturated rings. The van der Waals surface area contributed by atoms with Gasteiger partial charge in [-0.1, -0.05) is 139 Å². The lowest BCUT2D eigenvalue weighted by Crippen LogP contribution is -2.11. The highest BCUT2D eigenvalue weighted by Crippen LogP contribution is 2.37. The lowest BCUT2D eigenvalue weighted by atomic mass is 9.86. The highest BCUT2D eigenvalue weighted by molar-refractivity contribution is 5.85. The maximum absolute atomic E-state index is 5.24. The number of aromatic nitrogens is 7. The lowest BCUT2D eigenvalue weighted by Gasteiger charge is -2.19. The Balaban J connectivity index is 1.27. The van der Waals surface area contributed by atoms with Gasteiger partial charge in [-0.05, 0) is 102 Å². The zero-order valence-electron chi connectivity index (χ0n) is 36.3. The Bertz CT molecular complexity index is 2730. The van der Waals surface area contributed by atoms with Gasteiger partial charge in [-0.25, -0.2) is 34.9 Å². The molecular weight excluding hydrogens is 735 g/mol. The predicted octanol–water partition coefficient (Wildman–Crippen LogP) is 12.9. The smallest absolute Gasteiger partial charge is 0.164 e. The van der Waals surface area contributed by atoms with Crippen LogP contribution in [0.2, 0.25) is 0 Å². The predicted molar refractivity (Wildman–Crippen MR) is 245 cm³/mol. The van der Waals surface area contributed by atoms with E-state index in [2.05, 4.69) is 167 Å². The summed E-state index contributed by atoms with van der Waals surface area (Å²) in [6.45, 7) is 21.3. The highest BCUT2D eigenvalue weighted by Gasteiger charge is 2.21. The lowest BCUT2D eigenvalue weighted by molar-refractivity contribution is 0.590. The van der Waals surface area contributed by atoms with Crippen LogP contribution in [0.15, 0.2) is 127 Å². The van der Waals surface area contributed by atoms with Crippen LogP contribution in [0.5, 0.6) is 0 Å². The van der Waals surface area contributed by atoms with Crippen LogP contribution >= 0.6 is 0 Å². The summed E-state index contributed by atoms with van der Waals surface area (Å²) in [6, 6.07) is 44.6. The Hall–Kier alpha value is -6.73. The zero-order valence-corrected chi connectivity index (χ0v) is 36.3. The van der Waals surface area contributed by atoms with Crippen LogP contribution in [0.3, 0.4) is 0 Å². The minimum Gasteiger partial charge on any atom is -0.233 e. The molecular formula is C53H51N7. The molecule has 5 aromatic carbocycles. The van der Waals surface area contributed by atoms with E-state index in [1.165, 1.54) is 11.1 Å².